The van der Waals surface area contributed by atoms with E-state index < -0.39 is 21.7 Å². The number of ketones is 1. The van der Waals surface area contributed by atoms with Gasteiger partial charge in [0.2, 0.25) is 15.7 Å². The number of anilines is 1. The number of carbonyl (C=O) groups excluding carboxylic acids is 2. The maximum atomic E-state index is 11.3. The van der Waals surface area contributed by atoms with Gasteiger partial charge in [0, 0.05) is 5.69 Å². The second kappa shape index (κ2) is 5.74. The normalized spacial score (nSPS) is 11.0. The Morgan fingerprint density at radius 1 is 1.22 bits per heavy atom. The van der Waals surface area contributed by atoms with E-state index in [-0.39, 0.29) is 17.1 Å². The average molecular weight is 271 g/mol. The molecule has 0 atom stereocenters. The fourth-order valence-electron chi connectivity index (χ4n) is 1.25. The Morgan fingerprint density at radius 3 is 2.22 bits per heavy atom. The smallest absolute Gasteiger partial charge is 0.231 e. The Labute approximate surface area is 105 Å². The van der Waals surface area contributed by atoms with Gasteiger partial charge in [0.25, 0.3) is 0 Å². The molecule has 1 rings (SSSR count). The van der Waals surface area contributed by atoms with Crippen LogP contribution in [0.15, 0.2) is 29.2 Å². The standard InChI is InChI=1S/C11H13NO5S/c1-8(14)6-11(15)12-9-2-4-10(5-3-9)18(16,17)7-13/h2-5,13H,6-7H2,1H3,(H,12,15). The molecule has 2 N–H and O–H groups in total. The molecule has 0 bridgehead atoms. The molecule has 1 aromatic rings. The summed E-state index contributed by atoms with van der Waals surface area (Å²) < 4.78 is 22.6. The number of amides is 1. The molecule has 0 radical (unpaired) electrons. The van der Waals surface area contributed by atoms with Crippen LogP contribution in [-0.2, 0) is 19.4 Å². The summed E-state index contributed by atoms with van der Waals surface area (Å²) in [6, 6.07) is 5.32. The molecule has 0 saturated heterocycles. The monoisotopic (exact) mass is 271 g/mol. The first-order chi connectivity index (χ1) is 8.35. The van der Waals surface area contributed by atoms with Gasteiger partial charge in [-0.05, 0) is 31.2 Å². The number of benzene rings is 1. The molecule has 6 nitrogen and oxygen atoms in total. The molecule has 7 heteroatoms. The minimum absolute atomic E-state index is 0.0328. The molecule has 0 unspecified atom stereocenters. The highest BCUT2D eigenvalue weighted by Gasteiger charge is 2.12. The zero-order valence-corrected chi connectivity index (χ0v) is 10.5. The van der Waals surface area contributed by atoms with Crippen molar-refractivity contribution in [3.8, 4) is 0 Å². The molecule has 0 aliphatic heterocycles. The van der Waals surface area contributed by atoms with Gasteiger partial charge in [0.15, 0.2) is 0 Å². The van der Waals surface area contributed by atoms with E-state index in [1.54, 1.807) is 0 Å². The van der Waals surface area contributed by atoms with Gasteiger partial charge in [-0.3, -0.25) is 9.59 Å². The number of aliphatic hydroxyl groups is 1. The Kier molecular flexibility index (Phi) is 4.57. The van der Waals surface area contributed by atoms with Crippen LogP contribution in [0.25, 0.3) is 0 Å². The molecule has 0 saturated carbocycles. The summed E-state index contributed by atoms with van der Waals surface area (Å²) in [7, 11) is -3.67. The molecule has 98 valence electrons. The topological polar surface area (TPSA) is 101 Å². The summed E-state index contributed by atoms with van der Waals surface area (Å²) in [5.41, 5.74) is 0.387. The molecule has 0 fully saturated rings. The van der Waals surface area contributed by atoms with Crippen molar-refractivity contribution >= 4 is 27.2 Å². The second-order valence-corrected chi connectivity index (χ2v) is 5.65. The van der Waals surface area contributed by atoms with Gasteiger partial charge < -0.3 is 10.4 Å². The summed E-state index contributed by atoms with van der Waals surface area (Å²) in [5.74, 6) is -1.68. The van der Waals surface area contributed by atoms with E-state index in [4.69, 9.17) is 5.11 Å². The Bertz CT molecular complexity index is 547. The first-order valence-corrected chi connectivity index (χ1v) is 6.73. The van der Waals surface area contributed by atoms with Crippen LogP contribution in [-0.4, -0.2) is 31.2 Å². The maximum absolute atomic E-state index is 11.3. The Balaban J connectivity index is 2.78. The van der Waals surface area contributed by atoms with E-state index >= 15 is 0 Å². The molecule has 0 aliphatic carbocycles. The van der Waals surface area contributed by atoms with Gasteiger partial charge in [0.1, 0.15) is 11.7 Å². The number of nitrogens with one attached hydrogen (secondary N) is 1. The lowest BCUT2D eigenvalue weighted by molar-refractivity contribution is -0.124. The van der Waals surface area contributed by atoms with Crippen molar-refractivity contribution in [1.29, 1.82) is 0 Å². The van der Waals surface area contributed by atoms with E-state index in [2.05, 4.69) is 5.32 Å². The van der Waals surface area contributed by atoms with E-state index in [9.17, 15) is 18.0 Å². The van der Waals surface area contributed by atoms with Crippen molar-refractivity contribution in [3.63, 3.8) is 0 Å². The number of aliphatic hydroxyl groups excluding tert-OH is 1. The number of rotatable bonds is 5. The largest absolute Gasteiger partial charge is 0.380 e. The lowest BCUT2D eigenvalue weighted by Crippen LogP contribution is -2.14. The molecular weight excluding hydrogens is 258 g/mol. The van der Waals surface area contributed by atoms with Gasteiger partial charge in [-0.2, -0.15) is 0 Å². The Hall–Kier alpha value is -1.73. The maximum Gasteiger partial charge on any atom is 0.231 e. The van der Waals surface area contributed by atoms with Gasteiger partial charge in [-0.1, -0.05) is 0 Å². The predicted octanol–water partition coefficient (Wildman–Crippen LogP) is 0.328. The van der Waals surface area contributed by atoms with Gasteiger partial charge in [-0.25, -0.2) is 8.42 Å². The van der Waals surface area contributed by atoms with Crippen LogP contribution in [0.1, 0.15) is 13.3 Å². The summed E-state index contributed by atoms with van der Waals surface area (Å²) in [4.78, 5) is 21.9. The third-order valence-electron chi connectivity index (χ3n) is 2.08. The van der Waals surface area contributed by atoms with Crippen LogP contribution in [0.2, 0.25) is 0 Å². The molecule has 0 heterocycles. The van der Waals surface area contributed by atoms with Crippen molar-refractivity contribution in [2.45, 2.75) is 18.2 Å². The highest BCUT2D eigenvalue weighted by molar-refractivity contribution is 7.91. The van der Waals surface area contributed by atoms with Crippen LogP contribution in [0, 0.1) is 0 Å². The first-order valence-electron chi connectivity index (χ1n) is 5.08. The SMILES string of the molecule is CC(=O)CC(=O)Nc1ccc(S(=O)(=O)CO)cc1. The summed E-state index contributed by atoms with van der Waals surface area (Å²) >= 11 is 0. The summed E-state index contributed by atoms with van der Waals surface area (Å²) in [6.45, 7) is 1.30. The quantitative estimate of drug-likeness (QED) is 0.751. The minimum atomic E-state index is -3.67. The highest BCUT2D eigenvalue weighted by atomic mass is 32.2. The number of hydrogen-bond donors (Lipinski definition) is 2. The van der Waals surface area contributed by atoms with E-state index in [1.807, 2.05) is 0 Å². The third-order valence-corrected chi connectivity index (χ3v) is 3.41. The van der Waals surface area contributed by atoms with E-state index in [0.29, 0.717) is 5.69 Å². The van der Waals surface area contributed by atoms with Crippen LogP contribution in [0.5, 0.6) is 0 Å². The van der Waals surface area contributed by atoms with E-state index in [0.717, 1.165) is 0 Å². The van der Waals surface area contributed by atoms with Crippen molar-refractivity contribution in [2.24, 2.45) is 0 Å². The second-order valence-electron chi connectivity index (χ2n) is 3.70. The predicted molar refractivity (Wildman–Crippen MR) is 64.6 cm³/mol. The fraction of sp³-hybridized carbons (Fsp3) is 0.273. The summed E-state index contributed by atoms with van der Waals surface area (Å²) in [6.07, 6.45) is -0.226. The number of hydrogen-bond acceptors (Lipinski definition) is 5. The molecule has 18 heavy (non-hydrogen) atoms. The average Bonchev–Trinajstić information content (AvgIpc) is 2.28. The zero-order valence-electron chi connectivity index (χ0n) is 9.71. The number of sulfone groups is 1. The molecule has 1 amide bonds. The van der Waals surface area contributed by atoms with Crippen LogP contribution < -0.4 is 5.32 Å². The van der Waals surface area contributed by atoms with Crippen molar-refractivity contribution in [2.75, 3.05) is 11.3 Å². The lowest BCUT2D eigenvalue weighted by Gasteiger charge is -2.05. The molecule has 0 spiro atoms. The van der Waals surface area contributed by atoms with Gasteiger partial charge in [0.05, 0.1) is 11.3 Å². The first kappa shape index (κ1) is 14.3. The molecule has 0 aliphatic rings. The van der Waals surface area contributed by atoms with Crippen LogP contribution >= 0.6 is 0 Å². The molecule has 0 aromatic heterocycles. The lowest BCUT2D eigenvalue weighted by atomic mass is 10.2. The Morgan fingerprint density at radius 2 is 1.78 bits per heavy atom. The van der Waals surface area contributed by atoms with Crippen molar-refractivity contribution in [1.82, 2.24) is 0 Å². The van der Waals surface area contributed by atoms with Crippen LogP contribution in [0.4, 0.5) is 5.69 Å². The minimum Gasteiger partial charge on any atom is -0.380 e. The van der Waals surface area contributed by atoms with Gasteiger partial charge >= 0.3 is 0 Å². The number of carbonyl (C=O) groups is 2. The fourth-order valence-corrected chi connectivity index (χ4v) is 1.95. The van der Waals surface area contributed by atoms with Crippen LogP contribution in [0.3, 0.4) is 0 Å². The number of Topliss-reactive ketones (excluding diaryl/α,β-unsaturated/α-hetero) is 1. The van der Waals surface area contributed by atoms with E-state index in [1.165, 1.54) is 31.2 Å². The van der Waals surface area contributed by atoms with Crippen molar-refractivity contribution < 1.29 is 23.1 Å². The van der Waals surface area contributed by atoms with Gasteiger partial charge in [-0.15, -0.1) is 0 Å². The molecular formula is C11H13NO5S. The zero-order chi connectivity index (χ0) is 13.8. The highest BCUT2D eigenvalue weighted by Crippen LogP contribution is 2.15. The third kappa shape index (κ3) is 3.94. The molecule has 1 aromatic carbocycles. The summed E-state index contributed by atoms with van der Waals surface area (Å²) in [5, 5.41) is 11.1. The van der Waals surface area contributed by atoms with Crippen molar-refractivity contribution in [3.05, 3.63) is 24.3 Å².